The maximum atomic E-state index is 13.0. The number of nitriles is 1. The highest BCUT2D eigenvalue weighted by molar-refractivity contribution is 5.81. The zero-order valence-electron chi connectivity index (χ0n) is 15.2. The summed E-state index contributed by atoms with van der Waals surface area (Å²) < 4.78 is 0. The maximum absolute atomic E-state index is 13.0. The van der Waals surface area contributed by atoms with Gasteiger partial charge in [-0.25, -0.2) is 4.98 Å². The van der Waals surface area contributed by atoms with Crippen LogP contribution in [0.1, 0.15) is 17.2 Å². The summed E-state index contributed by atoms with van der Waals surface area (Å²) in [6.45, 7) is 2.66. The van der Waals surface area contributed by atoms with Crippen molar-refractivity contribution >= 4 is 11.7 Å². The highest BCUT2D eigenvalue weighted by Crippen LogP contribution is 2.25. The van der Waals surface area contributed by atoms with Crippen LogP contribution in [0.5, 0.6) is 0 Å². The summed E-state index contributed by atoms with van der Waals surface area (Å²) in [5.41, 5.74) is 1.67. The first-order valence-electron chi connectivity index (χ1n) is 8.68. The Kier molecular flexibility index (Phi) is 5.49. The lowest BCUT2D eigenvalue weighted by Gasteiger charge is -2.41. The SMILES string of the molecule is CN1CCN(C(=O)CN(C)c2ccc(C#N)cn2)C(c2ccccc2)C1. The fraction of sp³-hybridized carbons (Fsp3) is 0.350. The molecule has 1 aromatic carbocycles. The number of hydrogen-bond donors (Lipinski definition) is 0. The van der Waals surface area contributed by atoms with Crippen molar-refractivity contribution in [1.29, 1.82) is 5.26 Å². The van der Waals surface area contributed by atoms with Crippen molar-refractivity contribution in [3.05, 3.63) is 59.8 Å². The molecular formula is C20H23N5O. The summed E-state index contributed by atoms with van der Waals surface area (Å²) >= 11 is 0. The van der Waals surface area contributed by atoms with Gasteiger partial charge in [0.15, 0.2) is 0 Å². The molecule has 0 spiro atoms. The Hall–Kier alpha value is -2.91. The van der Waals surface area contributed by atoms with Gasteiger partial charge in [-0.15, -0.1) is 0 Å². The number of aromatic nitrogens is 1. The lowest BCUT2D eigenvalue weighted by Crippen LogP contribution is -2.51. The Balaban J connectivity index is 1.73. The normalized spacial score (nSPS) is 17.6. The van der Waals surface area contributed by atoms with Crippen LogP contribution in [-0.2, 0) is 4.79 Å². The Morgan fingerprint density at radius 1 is 1.27 bits per heavy atom. The smallest absolute Gasteiger partial charge is 0.242 e. The van der Waals surface area contributed by atoms with Crippen molar-refractivity contribution in [2.24, 2.45) is 0 Å². The predicted octanol–water partition coefficient (Wildman–Crippen LogP) is 1.90. The molecule has 0 bridgehead atoms. The van der Waals surface area contributed by atoms with E-state index in [0.29, 0.717) is 17.9 Å². The van der Waals surface area contributed by atoms with E-state index >= 15 is 0 Å². The minimum Gasteiger partial charge on any atom is -0.350 e. The van der Waals surface area contributed by atoms with E-state index in [4.69, 9.17) is 5.26 Å². The van der Waals surface area contributed by atoms with E-state index in [1.165, 1.54) is 6.20 Å². The summed E-state index contributed by atoms with van der Waals surface area (Å²) in [7, 11) is 3.93. The molecule has 1 aromatic heterocycles. The zero-order chi connectivity index (χ0) is 18.5. The number of amides is 1. The van der Waals surface area contributed by atoms with E-state index in [2.05, 4.69) is 35.1 Å². The number of carbonyl (C=O) groups is 1. The van der Waals surface area contributed by atoms with Crippen LogP contribution in [-0.4, -0.2) is 61.0 Å². The van der Waals surface area contributed by atoms with Crippen LogP contribution >= 0.6 is 0 Å². The molecule has 0 aliphatic carbocycles. The minimum atomic E-state index is 0.0600. The van der Waals surface area contributed by atoms with E-state index in [1.807, 2.05) is 35.0 Å². The summed E-state index contributed by atoms with van der Waals surface area (Å²) in [6, 6.07) is 15.8. The van der Waals surface area contributed by atoms with Crippen molar-refractivity contribution in [3.63, 3.8) is 0 Å². The standard InChI is InChI=1S/C20H23N5O/c1-23-10-11-25(18(14-23)17-6-4-3-5-7-17)20(26)15-24(2)19-9-8-16(12-21)13-22-19/h3-9,13,18H,10-11,14-15H2,1-2H3. The van der Waals surface area contributed by atoms with E-state index in [9.17, 15) is 4.79 Å². The maximum Gasteiger partial charge on any atom is 0.242 e. The predicted molar refractivity (Wildman–Crippen MR) is 101 cm³/mol. The van der Waals surface area contributed by atoms with Gasteiger partial charge in [0.05, 0.1) is 18.2 Å². The summed E-state index contributed by atoms with van der Waals surface area (Å²) in [4.78, 5) is 23.3. The zero-order valence-corrected chi connectivity index (χ0v) is 15.2. The van der Waals surface area contributed by atoms with Gasteiger partial charge < -0.3 is 14.7 Å². The van der Waals surface area contributed by atoms with Gasteiger partial charge in [0, 0.05) is 32.9 Å². The van der Waals surface area contributed by atoms with Crippen molar-refractivity contribution in [3.8, 4) is 6.07 Å². The van der Waals surface area contributed by atoms with Gasteiger partial charge in [0.25, 0.3) is 0 Å². The molecule has 6 heteroatoms. The molecule has 1 aliphatic heterocycles. The second kappa shape index (κ2) is 7.98. The highest BCUT2D eigenvalue weighted by atomic mass is 16.2. The molecule has 134 valence electrons. The third-order valence-electron chi connectivity index (χ3n) is 4.73. The van der Waals surface area contributed by atoms with Crippen LogP contribution < -0.4 is 4.90 Å². The number of anilines is 1. The van der Waals surface area contributed by atoms with Crippen molar-refractivity contribution in [2.45, 2.75) is 6.04 Å². The quantitative estimate of drug-likeness (QED) is 0.844. The third-order valence-corrected chi connectivity index (χ3v) is 4.73. The first-order chi connectivity index (χ1) is 12.6. The molecule has 1 unspecified atom stereocenters. The number of pyridine rings is 1. The number of piperazine rings is 1. The average Bonchev–Trinajstić information content (AvgIpc) is 2.68. The molecule has 0 saturated carbocycles. The van der Waals surface area contributed by atoms with Gasteiger partial charge in [-0.1, -0.05) is 30.3 Å². The number of rotatable bonds is 4. The monoisotopic (exact) mass is 349 g/mol. The molecule has 0 radical (unpaired) electrons. The lowest BCUT2D eigenvalue weighted by atomic mass is 10.0. The first-order valence-corrected chi connectivity index (χ1v) is 8.68. The Bertz CT molecular complexity index is 784. The Labute approximate surface area is 154 Å². The van der Waals surface area contributed by atoms with Gasteiger partial charge in [-0.2, -0.15) is 5.26 Å². The summed E-state index contributed by atoms with van der Waals surface area (Å²) in [5, 5.41) is 8.87. The van der Waals surface area contributed by atoms with Crippen LogP contribution in [0.3, 0.4) is 0 Å². The van der Waals surface area contributed by atoms with Crippen LogP contribution in [0.2, 0.25) is 0 Å². The van der Waals surface area contributed by atoms with E-state index < -0.39 is 0 Å². The van der Waals surface area contributed by atoms with Gasteiger partial charge in [0.1, 0.15) is 11.9 Å². The second-order valence-electron chi connectivity index (χ2n) is 6.65. The second-order valence-corrected chi connectivity index (χ2v) is 6.65. The van der Waals surface area contributed by atoms with E-state index in [0.717, 1.165) is 18.7 Å². The first kappa shape index (κ1) is 17.9. The molecule has 0 N–H and O–H groups in total. The van der Waals surface area contributed by atoms with Crippen LogP contribution in [0, 0.1) is 11.3 Å². The van der Waals surface area contributed by atoms with Gasteiger partial charge in [-0.05, 0) is 24.7 Å². The molecule has 6 nitrogen and oxygen atoms in total. The molecule has 2 aromatic rings. The minimum absolute atomic E-state index is 0.0600. The van der Waals surface area contributed by atoms with Crippen molar-refractivity contribution in [1.82, 2.24) is 14.8 Å². The number of nitrogens with zero attached hydrogens (tertiary/aromatic N) is 5. The summed E-state index contributed by atoms with van der Waals surface area (Å²) in [5.74, 6) is 0.767. The molecule has 26 heavy (non-hydrogen) atoms. The fourth-order valence-electron chi connectivity index (χ4n) is 3.23. The number of hydrogen-bond acceptors (Lipinski definition) is 5. The number of carbonyl (C=O) groups excluding carboxylic acids is 1. The fourth-order valence-corrected chi connectivity index (χ4v) is 3.23. The van der Waals surface area contributed by atoms with Crippen LogP contribution in [0.4, 0.5) is 5.82 Å². The average molecular weight is 349 g/mol. The third kappa shape index (κ3) is 4.01. The molecule has 1 saturated heterocycles. The van der Waals surface area contributed by atoms with Gasteiger partial charge >= 0.3 is 0 Å². The van der Waals surface area contributed by atoms with Crippen LogP contribution in [0.25, 0.3) is 0 Å². The molecule has 1 atom stereocenters. The molecule has 1 amide bonds. The number of benzene rings is 1. The molecule has 3 rings (SSSR count). The highest BCUT2D eigenvalue weighted by Gasteiger charge is 2.30. The van der Waals surface area contributed by atoms with E-state index in [1.54, 1.807) is 12.1 Å². The molecule has 2 heterocycles. The van der Waals surface area contributed by atoms with Crippen molar-refractivity contribution < 1.29 is 4.79 Å². The Morgan fingerprint density at radius 3 is 2.69 bits per heavy atom. The topological polar surface area (TPSA) is 63.5 Å². The van der Waals surface area contributed by atoms with Crippen molar-refractivity contribution in [2.75, 3.05) is 45.2 Å². The molecule has 1 fully saturated rings. The number of likely N-dealkylation sites (N-methyl/N-ethyl adjacent to an activating group) is 2. The van der Waals surface area contributed by atoms with E-state index in [-0.39, 0.29) is 18.5 Å². The van der Waals surface area contributed by atoms with Gasteiger partial charge in [-0.3, -0.25) is 4.79 Å². The lowest BCUT2D eigenvalue weighted by molar-refractivity contribution is -0.134. The Morgan fingerprint density at radius 2 is 2.04 bits per heavy atom. The summed E-state index contributed by atoms with van der Waals surface area (Å²) in [6.07, 6.45) is 1.53. The van der Waals surface area contributed by atoms with Gasteiger partial charge in [0.2, 0.25) is 5.91 Å². The molecule has 1 aliphatic rings. The molecular weight excluding hydrogens is 326 g/mol. The largest absolute Gasteiger partial charge is 0.350 e. The van der Waals surface area contributed by atoms with Crippen LogP contribution in [0.15, 0.2) is 48.7 Å².